The molecule has 27 heavy (non-hydrogen) atoms. The van der Waals surface area contributed by atoms with Gasteiger partial charge in [-0.1, -0.05) is 56.3 Å². The van der Waals surface area contributed by atoms with E-state index >= 15 is 0 Å². The summed E-state index contributed by atoms with van der Waals surface area (Å²) < 4.78 is 1.96. The van der Waals surface area contributed by atoms with Crippen molar-refractivity contribution in [1.82, 2.24) is 19.5 Å². The number of anilines is 2. The first-order valence-electron chi connectivity index (χ1n) is 9.05. The quantitative estimate of drug-likeness (QED) is 0.531. The van der Waals surface area contributed by atoms with Crippen molar-refractivity contribution in [2.45, 2.75) is 20.8 Å². The van der Waals surface area contributed by atoms with Crippen LogP contribution in [0.5, 0.6) is 0 Å². The molecule has 0 fully saturated rings. The molecule has 0 aliphatic carbocycles. The molecule has 0 saturated heterocycles. The van der Waals surface area contributed by atoms with Gasteiger partial charge in [-0.25, -0.2) is 9.97 Å². The fourth-order valence-corrected chi connectivity index (χ4v) is 2.68. The third kappa shape index (κ3) is 4.39. The lowest BCUT2D eigenvalue weighted by molar-refractivity contribution is 0.983. The highest BCUT2D eigenvalue weighted by Crippen LogP contribution is 2.21. The standard InChI is InChI=1S/C20H17N5.C2H6/c1-15-6-5-9-17(14-15)23-20-22-11-10-18(24-20)25-13-12-21-19(25)16-7-3-2-4-8-16;1-2/h2-14H,1H3,(H,22,23,24);1-2H3. The lowest BCUT2D eigenvalue weighted by Gasteiger charge is -2.10. The normalized spacial score (nSPS) is 10.0. The fraction of sp³-hybridized carbons (Fsp3) is 0.136. The monoisotopic (exact) mass is 357 g/mol. The molecule has 2 aromatic carbocycles. The van der Waals surface area contributed by atoms with E-state index in [0.717, 1.165) is 22.9 Å². The van der Waals surface area contributed by atoms with Crippen LogP contribution in [0, 0.1) is 6.92 Å². The molecule has 5 heteroatoms. The van der Waals surface area contributed by atoms with E-state index in [4.69, 9.17) is 0 Å². The number of hydrogen-bond acceptors (Lipinski definition) is 4. The molecular formula is C22H23N5. The van der Waals surface area contributed by atoms with Crippen molar-refractivity contribution in [2.75, 3.05) is 5.32 Å². The summed E-state index contributed by atoms with van der Waals surface area (Å²) in [6, 6.07) is 20.0. The summed E-state index contributed by atoms with van der Waals surface area (Å²) in [6.07, 6.45) is 5.43. The van der Waals surface area contributed by atoms with E-state index in [2.05, 4.69) is 39.3 Å². The van der Waals surface area contributed by atoms with E-state index < -0.39 is 0 Å². The number of imidazole rings is 1. The van der Waals surface area contributed by atoms with Crippen molar-refractivity contribution in [1.29, 1.82) is 0 Å². The summed E-state index contributed by atoms with van der Waals surface area (Å²) in [5.41, 5.74) is 3.19. The minimum atomic E-state index is 0.552. The lowest BCUT2D eigenvalue weighted by atomic mass is 10.2. The number of nitrogens with one attached hydrogen (secondary N) is 1. The Bertz CT molecular complexity index is 992. The van der Waals surface area contributed by atoms with E-state index in [1.54, 1.807) is 12.4 Å². The largest absolute Gasteiger partial charge is 0.324 e. The molecule has 0 bridgehead atoms. The molecule has 0 spiro atoms. The number of hydrogen-bond donors (Lipinski definition) is 1. The summed E-state index contributed by atoms with van der Waals surface area (Å²) in [4.78, 5) is 13.4. The average Bonchev–Trinajstić information content (AvgIpc) is 3.20. The smallest absolute Gasteiger partial charge is 0.229 e. The van der Waals surface area contributed by atoms with E-state index in [0.29, 0.717) is 5.95 Å². The van der Waals surface area contributed by atoms with Crippen LogP contribution in [0.25, 0.3) is 17.2 Å². The van der Waals surface area contributed by atoms with Crippen LogP contribution < -0.4 is 5.32 Å². The summed E-state index contributed by atoms with van der Waals surface area (Å²) in [5.74, 6) is 2.16. The lowest BCUT2D eigenvalue weighted by Crippen LogP contribution is -2.03. The van der Waals surface area contributed by atoms with E-state index in [1.807, 2.05) is 73.1 Å². The molecule has 0 atom stereocenters. The van der Waals surface area contributed by atoms with Gasteiger partial charge in [0, 0.05) is 29.8 Å². The second-order valence-corrected chi connectivity index (χ2v) is 5.72. The zero-order valence-corrected chi connectivity index (χ0v) is 15.8. The second-order valence-electron chi connectivity index (χ2n) is 5.72. The van der Waals surface area contributed by atoms with Crippen molar-refractivity contribution >= 4 is 11.6 Å². The van der Waals surface area contributed by atoms with Gasteiger partial charge < -0.3 is 5.32 Å². The van der Waals surface area contributed by atoms with Gasteiger partial charge in [0.15, 0.2) is 0 Å². The number of aryl methyl sites for hydroxylation is 1. The Morgan fingerprint density at radius 3 is 2.44 bits per heavy atom. The van der Waals surface area contributed by atoms with Crippen molar-refractivity contribution < 1.29 is 0 Å². The van der Waals surface area contributed by atoms with Gasteiger partial charge in [-0.15, -0.1) is 0 Å². The molecule has 0 unspecified atom stereocenters. The Kier molecular flexibility index (Phi) is 5.94. The Hall–Kier alpha value is -3.47. The minimum Gasteiger partial charge on any atom is -0.324 e. The summed E-state index contributed by atoms with van der Waals surface area (Å²) >= 11 is 0. The van der Waals surface area contributed by atoms with Crippen LogP contribution in [0.1, 0.15) is 19.4 Å². The topological polar surface area (TPSA) is 55.6 Å². The molecule has 0 saturated carbocycles. The first kappa shape index (κ1) is 18.3. The minimum absolute atomic E-state index is 0.552. The molecule has 4 aromatic rings. The summed E-state index contributed by atoms with van der Waals surface area (Å²) in [6.45, 7) is 6.06. The molecule has 1 N–H and O–H groups in total. The van der Waals surface area contributed by atoms with E-state index in [1.165, 1.54) is 5.56 Å². The fourth-order valence-electron chi connectivity index (χ4n) is 2.68. The molecule has 0 aliphatic heterocycles. The molecule has 0 amide bonds. The third-order valence-corrected chi connectivity index (χ3v) is 3.83. The van der Waals surface area contributed by atoms with Crippen LogP contribution in [0.2, 0.25) is 0 Å². The highest BCUT2D eigenvalue weighted by molar-refractivity contribution is 5.59. The zero-order chi connectivity index (χ0) is 19.1. The highest BCUT2D eigenvalue weighted by Gasteiger charge is 2.09. The molecule has 2 aromatic heterocycles. The van der Waals surface area contributed by atoms with Crippen molar-refractivity contribution in [3.05, 3.63) is 84.8 Å². The van der Waals surface area contributed by atoms with Crippen molar-refractivity contribution in [3.8, 4) is 17.2 Å². The molecule has 136 valence electrons. The first-order valence-corrected chi connectivity index (χ1v) is 9.05. The van der Waals surface area contributed by atoms with E-state index in [9.17, 15) is 0 Å². The summed E-state index contributed by atoms with van der Waals surface area (Å²) in [7, 11) is 0. The number of benzene rings is 2. The maximum Gasteiger partial charge on any atom is 0.229 e. The maximum atomic E-state index is 4.63. The van der Waals surface area contributed by atoms with Crippen molar-refractivity contribution in [3.63, 3.8) is 0 Å². The molecule has 5 nitrogen and oxygen atoms in total. The van der Waals surface area contributed by atoms with Gasteiger partial charge in [0.05, 0.1) is 0 Å². The van der Waals surface area contributed by atoms with Gasteiger partial charge in [-0.2, -0.15) is 4.98 Å². The summed E-state index contributed by atoms with van der Waals surface area (Å²) in [5, 5.41) is 3.25. The van der Waals surface area contributed by atoms with Crippen LogP contribution >= 0.6 is 0 Å². The molecular weight excluding hydrogens is 334 g/mol. The van der Waals surface area contributed by atoms with Crippen LogP contribution in [0.15, 0.2) is 79.3 Å². The molecule has 0 radical (unpaired) electrons. The number of aromatic nitrogens is 4. The molecule has 0 aliphatic rings. The Labute approximate surface area is 159 Å². The van der Waals surface area contributed by atoms with Gasteiger partial charge in [-0.05, 0) is 30.7 Å². The van der Waals surface area contributed by atoms with E-state index in [-0.39, 0.29) is 0 Å². The van der Waals surface area contributed by atoms with Gasteiger partial charge in [0.1, 0.15) is 11.6 Å². The van der Waals surface area contributed by atoms with Crippen LogP contribution in [0.3, 0.4) is 0 Å². The van der Waals surface area contributed by atoms with Crippen LogP contribution in [0.4, 0.5) is 11.6 Å². The predicted molar refractivity (Wildman–Crippen MR) is 110 cm³/mol. The Balaban J connectivity index is 0.00000102. The van der Waals surface area contributed by atoms with Crippen LogP contribution in [-0.4, -0.2) is 19.5 Å². The SMILES string of the molecule is CC.Cc1cccc(Nc2nccc(-n3ccnc3-c3ccccc3)n2)c1. The van der Waals surface area contributed by atoms with Gasteiger partial charge in [0.25, 0.3) is 0 Å². The maximum absolute atomic E-state index is 4.63. The molecule has 2 heterocycles. The van der Waals surface area contributed by atoms with Gasteiger partial charge >= 0.3 is 0 Å². The Morgan fingerprint density at radius 1 is 0.852 bits per heavy atom. The second kappa shape index (κ2) is 8.76. The third-order valence-electron chi connectivity index (χ3n) is 3.83. The number of rotatable bonds is 4. The van der Waals surface area contributed by atoms with Gasteiger partial charge in [0.2, 0.25) is 5.95 Å². The highest BCUT2D eigenvalue weighted by atomic mass is 15.2. The van der Waals surface area contributed by atoms with Gasteiger partial charge in [-0.3, -0.25) is 4.57 Å². The number of nitrogens with zero attached hydrogens (tertiary/aromatic N) is 4. The van der Waals surface area contributed by atoms with Crippen molar-refractivity contribution in [2.24, 2.45) is 0 Å². The Morgan fingerprint density at radius 2 is 1.67 bits per heavy atom. The predicted octanol–water partition coefficient (Wildman–Crippen LogP) is 5.41. The van der Waals surface area contributed by atoms with Crippen LogP contribution in [-0.2, 0) is 0 Å². The molecule has 4 rings (SSSR count). The zero-order valence-electron chi connectivity index (χ0n) is 15.8. The first-order chi connectivity index (χ1) is 13.3. The average molecular weight is 357 g/mol.